The SMILES string of the molecule is COc1ccc(OC)c(NC(N)=NCC=Cc2ccccc2)c1.I. The van der Waals surface area contributed by atoms with Crippen LogP contribution in [0.1, 0.15) is 5.56 Å². The van der Waals surface area contributed by atoms with E-state index in [0.717, 1.165) is 5.56 Å². The summed E-state index contributed by atoms with van der Waals surface area (Å²) in [5.74, 6) is 1.70. The number of methoxy groups -OCH3 is 2. The minimum atomic E-state index is 0. The minimum Gasteiger partial charge on any atom is -0.497 e. The second-order valence-corrected chi connectivity index (χ2v) is 4.73. The molecule has 0 spiro atoms. The van der Waals surface area contributed by atoms with Crippen molar-refractivity contribution in [3.8, 4) is 11.5 Å². The van der Waals surface area contributed by atoms with Gasteiger partial charge in [-0.3, -0.25) is 0 Å². The van der Waals surface area contributed by atoms with Crippen molar-refractivity contribution in [2.45, 2.75) is 0 Å². The molecule has 128 valence electrons. The lowest BCUT2D eigenvalue weighted by Crippen LogP contribution is -2.23. The number of benzene rings is 2. The smallest absolute Gasteiger partial charge is 0.193 e. The Bertz CT molecular complexity index is 688. The van der Waals surface area contributed by atoms with E-state index in [1.165, 1.54) is 0 Å². The van der Waals surface area contributed by atoms with E-state index in [9.17, 15) is 0 Å². The summed E-state index contributed by atoms with van der Waals surface area (Å²) in [5, 5.41) is 3.02. The topological polar surface area (TPSA) is 68.9 Å². The number of ether oxygens (including phenoxy) is 2. The maximum atomic E-state index is 5.91. The lowest BCUT2D eigenvalue weighted by atomic mass is 10.2. The highest BCUT2D eigenvalue weighted by molar-refractivity contribution is 14.0. The zero-order valence-corrected chi connectivity index (χ0v) is 16.1. The van der Waals surface area contributed by atoms with Gasteiger partial charge >= 0.3 is 0 Å². The molecular weight excluding hydrogens is 417 g/mol. The lowest BCUT2D eigenvalue weighted by molar-refractivity contribution is 0.405. The largest absolute Gasteiger partial charge is 0.497 e. The fraction of sp³-hybridized carbons (Fsp3) is 0.167. The van der Waals surface area contributed by atoms with Crippen molar-refractivity contribution in [3.05, 3.63) is 60.2 Å². The summed E-state index contributed by atoms with van der Waals surface area (Å²) >= 11 is 0. The molecule has 0 radical (unpaired) electrons. The van der Waals surface area contributed by atoms with Crippen molar-refractivity contribution in [3.63, 3.8) is 0 Å². The highest BCUT2D eigenvalue weighted by Gasteiger charge is 2.05. The van der Waals surface area contributed by atoms with E-state index in [1.807, 2.05) is 54.6 Å². The summed E-state index contributed by atoms with van der Waals surface area (Å²) in [6, 6.07) is 15.5. The Morgan fingerprint density at radius 3 is 2.54 bits per heavy atom. The van der Waals surface area contributed by atoms with Crippen molar-refractivity contribution in [2.75, 3.05) is 26.1 Å². The molecule has 0 fully saturated rings. The molecule has 2 aromatic rings. The number of halogens is 1. The Balaban J connectivity index is 0.00000288. The molecule has 24 heavy (non-hydrogen) atoms. The van der Waals surface area contributed by atoms with Gasteiger partial charge in [-0.15, -0.1) is 24.0 Å². The molecule has 2 aromatic carbocycles. The number of guanidine groups is 1. The first kappa shape index (κ1) is 19.8. The molecule has 5 nitrogen and oxygen atoms in total. The van der Waals surface area contributed by atoms with Crippen LogP contribution in [-0.4, -0.2) is 26.7 Å². The Hall–Kier alpha value is -2.22. The van der Waals surface area contributed by atoms with E-state index in [2.05, 4.69) is 10.3 Å². The fourth-order valence-electron chi connectivity index (χ4n) is 1.99. The average Bonchev–Trinajstić information content (AvgIpc) is 2.59. The van der Waals surface area contributed by atoms with E-state index in [1.54, 1.807) is 20.3 Å². The van der Waals surface area contributed by atoms with E-state index in [4.69, 9.17) is 15.2 Å². The van der Waals surface area contributed by atoms with Gasteiger partial charge in [0.15, 0.2) is 5.96 Å². The maximum absolute atomic E-state index is 5.91. The van der Waals surface area contributed by atoms with Crippen LogP contribution in [-0.2, 0) is 0 Å². The van der Waals surface area contributed by atoms with Gasteiger partial charge < -0.3 is 20.5 Å². The summed E-state index contributed by atoms with van der Waals surface area (Å²) in [6.07, 6.45) is 3.95. The van der Waals surface area contributed by atoms with Crippen LogP contribution in [0.2, 0.25) is 0 Å². The molecule has 0 saturated heterocycles. The van der Waals surface area contributed by atoms with Gasteiger partial charge in [0.2, 0.25) is 0 Å². The van der Waals surface area contributed by atoms with Gasteiger partial charge in [0.25, 0.3) is 0 Å². The van der Waals surface area contributed by atoms with Gasteiger partial charge in [-0.05, 0) is 17.7 Å². The molecule has 0 heterocycles. The summed E-state index contributed by atoms with van der Waals surface area (Å²) in [6.45, 7) is 0.486. The minimum absolute atomic E-state index is 0. The third-order valence-corrected chi connectivity index (χ3v) is 3.15. The molecule has 3 N–H and O–H groups in total. The molecular formula is C18H22IN3O2. The highest BCUT2D eigenvalue weighted by Crippen LogP contribution is 2.28. The molecule has 0 bridgehead atoms. The zero-order chi connectivity index (χ0) is 16.5. The van der Waals surface area contributed by atoms with E-state index < -0.39 is 0 Å². The van der Waals surface area contributed by atoms with Gasteiger partial charge in [-0.25, -0.2) is 4.99 Å². The first-order valence-corrected chi connectivity index (χ1v) is 7.23. The third kappa shape index (κ3) is 6.11. The molecule has 0 amide bonds. The molecule has 0 aliphatic rings. The number of rotatable bonds is 6. The van der Waals surface area contributed by atoms with Gasteiger partial charge in [0.05, 0.1) is 26.5 Å². The number of nitrogens with one attached hydrogen (secondary N) is 1. The van der Waals surface area contributed by atoms with Crippen LogP contribution in [0.4, 0.5) is 5.69 Å². The van der Waals surface area contributed by atoms with Crippen LogP contribution < -0.4 is 20.5 Å². The van der Waals surface area contributed by atoms with E-state index >= 15 is 0 Å². The summed E-state index contributed by atoms with van der Waals surface area (Å²) < 4.78 is 10.5. The first-order chi connectivity index (χ1) is 11.2. The molecule has 0 unspecified atom stereocenters. The van der Waals surface area contributed by atoms with Crippen LogP contribution in [0.3, 0.4) is 0 Å². The summed E-state index contributed by atoms with van der Waals surface area (Å²) in [5.41, 5.74) is 7.75. The van der Waals surface area contributed by atoms with Gasteiger partial charge in [-0.2, -0.15) is 0 Å². The van der Waals surface area contributed by atoms with Crippen LogP contribution in [0.15, 0.2) is 59.6 Å². The third-order valence-electron chi connectivity index (χ3n) is 3.15. The van der Waals surface area contributed by atoms with Crippen molar-refractivity contribution in [2.24, 2.45) is 10.7 Å². The Kier molecular flexibility index (Phi) is 8.70. The number of aliphatic imine (C=N–C) groups is 1. The Labute approximate surface area is 159 Å². The second-order valence-electron chi connectivity index (χ2n) is 4.73. The van der Waals surface area contributed by atoms with Gasteiger partial charge in [-0.1, -0.05) is 42.5 Å². The quantitative estimate of drug-likeness (QED) is 0.409. The Morgan fingerprint density at radius 2 is 1.88 bits per heavy atom. The van der Waals surface area contributed by atoms with Gasteiger partial charge in [0.1, 0.15) is 11.5 Å². The zero-order valence-electron chi connectivity index (χ0n) is 13.7. The number of hydrogen-bond acceptors (Lipinski definition) is 3. The number of anilines is 1. The predicted octanol–water partition coefficient (Wildman–Crippen LogP) is 3.76. The predicted molar refractivity (Wildman–Crippen MR) is 111 cm³/mol. The van der Waals surface area contributed by atoms with Gasteiger partial charge in [0, 0.05) is 6.07 Å². The monoisotopic (exact) mass is 439 g/mol. The van der Waals surface area contributed by atoms with E-state index in [0.29, 0.717) is 29.7 Å². The fourth-order valence-corrected chi connectivity index (χ4v) is 1.99. The Morgan fingerprint density at radius 1 is 1.12 bits per heavy atom. The molecule has 6 heteroatoms. The normalized spacial score (nSPS) is 11.0. The lowest BCUT2D eigenvalue weighted by Gasteiger charge is -2.11. The second kappa shape index (κ2) is 10.5. The number of hydrogen-bond donors (Lipinski definition) is 2. The summed E-state index contributed by atoms with van der Waals surface area (Å²) in [4.78, 5) is 4.27. The van der Waals surface area contributed by atoms with E-state index in [-0.39, 0.29) is 24.0 Å². The number of nitrogens with two attached hydrogens (primary N) is 1. The van der Waals surface area contributed by atoms with Crippen LogP contribution >= 0.6 is 24.0 Å². The van der Waals surface area contributed by atoms with Crippen LogP contribution in [0.5, 0.6) is 11.5 Å². The first-order valence-electron chi connectivity index (χ1n) is 7.23. The molecule has 0 aliphatic heterocycles. The molecule has 0 saturated carbocycles. The van der Waals surface area contributed by atoms with Crippen LogP contribution in [0, 0.1) is 0 Å². The molecule has 0 aliphatic carbocycles. The average molecular weight is 439 g/mol. The summed E-state index contributed by atoms with van der Waals surface area (Å²) in [7, 11) is 3.21. The standard InChI is InChI=1S/C18H21N3O2.HI/c1-22-15-10-11-17(23-2)16(13-15)21-18(19)20-12-6-9-14-7-4-3-5-8-14;/h3-11,13H,12H2,1-2H3,(H3,19,20,21);1H. The van der Waals surface area contributed by atoms with Crippen molar-refractivity contribution >= 4 is 41.7 Å². The van der Waals surface area contributed by atoms with Crippen molar-refractivity contribution < 1.29 is 9.47 Å². The van der Waals surface area contributed by atoms with Crippen LogP contribution in [0.25, 0.3) is 6.08 Å². The molecule has 0 atom stereocenters. The number of nitrogens with zero attached hydrogens (tertiary/aromatic N) is 1. The molecule has 2 rings (SSSR count). The maximum Gasteiger partial charge on any atom is 0.193 e. The highest BCUT2D eigenvalue weighted by atomic mass is 127. The van der Waals surface area contributed by atoms with Crippen molar-refractivity contribution in [1.29, 1.82) is 0 Å². The van der Waals surface area contributed by atoms with Crippen molar-refractivity contribution in [1.82, 2.24) is 0 Å². The molecule has 0 aromatic heterocycles.